The van der Waals surface area contributed by atoms with E-state index in [4.69, 9.17) is 0 Å². The molecular weight excluding hydrogens is 372 g/mol. The highest BCUT2D eigenvalue weighted by Gasteiger charge is 2.14. The molecule has 28 heavy (non-hydrogen) atoms. The summed E-state index contributed by atoms with van der Waals surface area (Å²) in [7, 11) is -3.65. The maximum atomic E-state index is 12.4. The van der Waals surface area contributed by atoms with Gasteiger partial charge in [-0.2, -0.15) is 0 Å². The molecule has 0 fully saturated rings. The predicted octanol–water partition coefficient (Wildman–Crippen LogP) is 3.34. The second-order valence-electron chi connectivity index (χ2n) is 6.30. The van der Waals surface area contributed by atoms with Gasteiger partial charge in [-0.25, -0.2) is 13.1 Å². The maximum Gasteiger partial charge on any atom is 0.240 e. The van der Waals surface area contributed by atoms with Crippen LogP contribution in [0.5, 0.6) is 0 Å². The van der Waals surface area contributed by atoms with Crippen LogP contribution in [0.25, 0.3) is 11.1 Å². The number of carbonyl (C=O) groups is 1. The second-order valence-corrected chi connectivity index (χ2v) is 8.07. The van der Waals surface area contributed by atoms with Gasteiger partial charge >= 0.3 is 0 Å². The lowest BCUT2D eigenvalue weighted by Gasteiger charge is -2.09. The lowest BCUT2D eigenvalue weighted by Crippen LogP contribution is -2.30. The molecule has 0 saturated heterocycles. The summed E-state index contributed by atoms with van der Waals surface area (Å²) < 4.78 is 27.3. The molecule has 144 valence electrons. The summed E-state index contributed by atoms with van der Waals surface area (Å²) in [5.41, 5.74) is 2.96. The fourth-order valence-electron chi connectivity index (χ4n) is 2.72. The fraction of sp³-hybridized carbons (Fsp3) is 0.136. The van der Waals surface area contributed by atoms with Gasteiger partial charge in [-0.3, -0.25) is 4.79 Å². The Morgan fingerprint density at radius 3 is 1.96 bits per heavy atom. The molecule has 0 aliphatic rings. The van der Waals surface area contributed by atoms with Crippen LogP contribution in [0.2, 0.25) is 0 Å². The molecule has 0 unspecified atom stereocenters. The van der Waals surface area contributed by atoms with Crippen LogP contribution < -0.4 is 10.0 Å². The van der Waals surface area contributed by atoms with E-state index in [1.165, 1.54) is 0 Å². The Kier molecular flexibility index (Phi) is 6.57. The van der Waals surface area contributed by atoms with Gasteiger partial charge in [-0.1, -0.05) is 72.8 Å². The van der Waals surface area contributed by atoms with Gasteiger partial charge in [-0.15, -0.1) is 0 Å². The summed E-state index contributed by atoms with van der Waals surface area (Å²) in [5.74, 6) is -0.203. The van der Waals surface area contributed by atoms with Gasteiger partial charge < -0.3 is 5.32 Å². The van der Waals surface area contributed by atoms with E-state index in [1.54, 1.807) is 24.3 Å². The lowest BCUT2D eigenvalue weighted by molar-refractivity contribution is -0.121. The smallest absolute Gasteiger partial charge is 0.240 e. The predicted molar refractivity (Wildman–Crippen MR) is 110 cm³/mol. The first kappa shape index (κ1) is 19.8. The topological polar surface area (TPSA) is 75.3 Å². The van der Waals surface area contributed by atoms with Crippen molar-refractivity contribution in [3.8, 4) is 11.1 Å². The first-order valence-electron chi connectivity index (χ1n) is 9.00. The Balaban J connectivity index is 1.50. The van der Waals surface area contributed by atoms with Gasteiger partial charge in [0.15, 0.2) is 0 Å². The van der Waals surface area contributed by atoms with E-state index in [0.717, 1.165) is 16.7 Å². The van der Waals surface area contributed by atoms with Gasteiger partial charge in [0.1, 0.15) is 0 Å². The maximum absolute atomic E-state index is 12.4. The summed E-state index contributed by atoms with van der Waals surface area (Å²) in [5, 5.41) is 2.78. The van der Waals surface area contributed by atoms with Crippen molar-refractivity contribution < 1.29 is 13.2 Å². The van der Waals surface area contributed by atoms with Crippen LogP contribution >= 0.6 is 0 Å². The minimum Gasteiger partial charge on any atom is -0.352 e. The second kappa shape index (κ2) is 9.30. The van der Waals surface area contributed by atoms with Crippen molar-refractivity contribution in [2.24, 2.45) is 0 Å². The molecule has 0 heterocycles. The zero-order chi connectivity index (χ0) is 19.8. The number of rotatable bonds is 8. The van der Waals surface area contributed by atoms with Crippen LogP contribution in [-0.2, 0) is 21.4 Å². The number of nitrogens with one attached hydrogen (secondary N) is 2. The normalized spacial score (nSPS) is 11.1. The SMILES string of the molecule is O=C(CCNS(=O)(=O)c1ccc(-c2ccccc2)cc1)NCc1ccccc1. The Hall–Kier alpha value is -2.96. The molecule has 0 saturated carbocycles. The van der Waals surface area contributed by atoms with Crippen molar-refractivity contribution in [2.75, 3.05) is 6.54 Å². The molecule has 1 amide bonds. The van der Waals surface area contributed by atoms with E-state index in [2.05, 4.69) is 10.0 Å². The Morgan fingerprint density at radius 2 is 1.32 bits per heavy atom. The molecule has 0 spiro atoms. The van der Waals surface area contributed by atoms with Gasteiger partial charge in [0.05, 0.1) is 4.90 Å². The van der Waals surface area contributed by atoms with Crippen molar-refractivity contribution >= 4 is 15.9 Å². The minimum absolute atomic E-state index is 0.0450. The van der Waals surface area contributed by atoms with Crippen LogP contribution in [0.15, 0.2) is 89.8 Å². The summed E-state index contributed by atoms with van der Waals surface area (Å²) in [6.45, 7) is 0.469. The largest absolute Gasteiger partial charge is 0.352 e. The van der Waals surface area contributed by atoms with E-state index in [1.807, 2.05) is 60.7 Å². The molecule has 5 nitrogen and oxygen atoms in total. The third-order valence-electron chi connectivity index (χ3n) is 4.25. The van der Waals surface area contributed by atoms with Crippen molar-refractivity contribution in [1.29, 1.82) is 0 Å². The molecule has 0 radical (unpaired) electrons. The van der Waals surface area contributed by atoms with Crippen molar-refractivity contribution in [3.63, 3.8) is 0 Å². The monoisotopic (exact) mass is 394 g/mol. The molecule has 0 aromatic heterocycles. The third kappa shape index (κ3) is 5.52. The average molecular weight is 394 g/mol. The van der Waals surface area contributed by atoms with Gasteiger partial charge in [-0.05, 0) is 28.8 Å². The molecule has 0 aliphatic carbocycles. The first-order valence-corrected chi connectivity index (χ1v) is 10.5. The van der Waals surface area contributed by atoms with E-state index < -0.39 is 10.0 Å². The van der Waals surface area contributed by atoms with E-state index in [9.17, 15) is 13.2 Å². The van der Waals surface area contributed by atoms with Gasteiger partial charge in [0.25, 0.3) is 0 Å². The first-order chi connectivity index (χ1) is 13.5. The van der Waals surface area contributed by atoms with Gasteiger partial charge in [0.2, 0.25) is 15.9 Å². The average Bonchev–Trinajstić information content (AvgIpc) is 2.74. The van der Waals surface area contributed by atoms with Crippen LogP contribution in [0.4, 0.5) is 0 Å². The summed E-state index contributed by atoms with van der Waals surface area (Å²) in [4.78, 5) is 12.1. The number of hydrogen-bond donors (Lipinski definition) is 2. The zero-order valence-electron chi connectivity index (χ0n) is 15.3. The Bertz CT molecular complexity index is 1000. The Labute approximate surface area is 165 Å². The number of benzene rings is 3. The summed E-state index contributed by atoms with van der Waals surface area (Å²) >= 11 is 0. The fourth-order valence-corrected chi connectivity index (χ4v) is 3.76. The van der Waals surface area contributed by atoms with Gasteiger partial charge in [0, 0.05) is 19.5 Å². The number of hydrogen-bond acceptors (Lipinski definition) is 3. The molecular formula is C22H22N2O3S. The Morgan fingerprint density at radius 1 is 0.750 bits per heavy atom. The molecule has 3 rings (SSSR count). The standard InChI is InChI=1S/C22H22N2O3S/c25-22(23-17-18-7-3-1-4-8-18)15-16-24-28(26,27)21-13-11-20(12-14-21)19-9-5-2-6-10-19/h1-14,24H,15-17H2,(H,23,25). The highest BCUT2D eigenvalue weighted by molar-refractivity contribution is 7.89. The zero-order valence-corrected chi connectivity index (χ0v) is 16.2. The number of sulfonamides is 1. The highest BCUT2D eigenvalue weighted by Crippen LogP contribution is 2.20. The number of amides is 1. The third-order valence-corrected chi connectivity index (χ3v) is 5.73. The van der Waals surface area contributed by atoms with E-state index in [0.29, 0.717) is 6.54 Å². The summed E-state index contributed by atoms with van der Waals surface area (Å²) in [6.07, 6.45) is 0.0775. The molecule has 2 N–H and O–H groups in total. The highest BCUT2D eigenvalue weighted by atomic mass is 32.2. The number of carbonyl (C=O) groups excluding carboxylic acids is 1. The molecule has 0 aliphatic heterocycles. The van der Waals surface area contributed by atoms with Crippen LogP contribution in [0.1, 0.15) is 12.0 Å². The molecule has 0 bridgehead atoms. The minimum atomic E-state index is -3.65. The quantitative estimate of drug-likeness (QED) is 0.615. The van der Waals surface area contributed by atoms with Crippen molar-refractivity contribution in [2.45, 2.75) is 17.9 Å². The molecule has 3 aromatic rings. The van der Waals surface area contributed by atoms with E-state index >= 15 is 0 Å². The van der Waals surface area contributed by atoms with Crippen molar-refractivity contribution in [1.82, 2.24) is 10.0 Å². The van der Waals surface area contributed by atoms with Crippen LogP contribution in [0.3, 0.4) is 0 Å². The lowest BCUT2D eigenvalue weighted by atomic mass is 10.1. The molecule has 3 aromatic carbocycles. The molecule has 6 heteroatoms. The van der Waals surface area contributed by atoms with Crippen LogP contribution in [0, 0.1) is 0 Å². The molecule has 0 atom stereocenters. The summed E-state index contributed by atoms with van der Waals surface area (Å²) in [6, 6.07) is 26.0. The van der Waals surface area contributed by atoms with Crippen molar-refractivity contribution in [3.05, 3.63) is 90.5 Å². The van der Waals surface area contributed by atoms with Crippen LogP contribution in [-0.4, -0.2) is 20.9 Å². The van der Waals surface area contributed by atoms with E-state index in [-0.39, 0.29) is 23.8 Å².